The first-order valence-corrected chi connectivity index (χ1v) is 7.79. The Hall–Kier alpha value is -0.860. The van der Waals surface area contributed by atoms with Gasteiger partial charge < -0.3 is 5.32 Å². The Morgan fingerprint density at radius 2 is 2.21 bits per heavy atom. The number of benzene rings is 1. The second kappa shape index (κ2) is 7.66. The van der Waals surface area contributed by atoms with E-state index in [2.05, 4.69) is 48.3 Å². The summed E-state index contributed by atoms with van der Waals surface area (Å²) >= 11 is 0. The monoisotopic (exact) mass is 260 g/mol. The van der Waals surface area contributed by atoms with Crippen LogP contribution in [0.25, 0.3) is 0 Å². The van der Waals surface area contributed by atoms with Gasteiger partial charge in [0.15, 0.2) is 0 Å². The Kier molecular flexibility index (Phi) is 5.87. The second-order valence-corrected chi connectivity index (χ2v) is 5.87. The van der Waals surface area contributed by atoms with Gasteiger partial charge in [0, 0.05) is 19.1 Å². The predicted octanol–water partition coefficient (Wildman–Crippen LogP) is 3.35. The van der Waals surface area contributed by atoms with E-state index < -0.39 is 0 Å². The first kappa shape index (κ1) is 14.5. The lowest BCUT2D eigenvalue weighted by atomic mass is 10.0. The van der Waals surface area contributed by atoms with Crippen LogP contribution in [0.15, 0.2) is 24.3 Å². The van der Waals surface area contributed by atoms with Crippen LogP contribution in [0.1, 0.15) is 43.7 Å². The number of piperidine rings is 1. The molecule has 0 saturated carbocycles. The molecular formula is C17H28N2. The number of hydrogen-bond acceptors (Lipinski definition) is 2. The van der Waals surface area contributed by atoms with Crippen molar-refractivity contribution in [2.75, 3.05) is 19.6 Å². The Balaban J connectivity index is 1.91. The summed E-state index contributed by atoms with van der Waals surface area (Å²) in [5, 5.41) is 3.66. The maximum atomic E-state index is 3.66. The molecule has 2 nitrogen and oxygen atoms in total. The van der Waals surface area contributed by atoms with Gasteiger partial charge in [-0.1, -0.05) is 43.2 Å². The fourth-order valence-electron chi connectivity index (χ4n) is 3.01. The molecule has 106 valence electrons. The molecule has 0 spiro atoms. The summed E-state index contributed by atoms with van der Waals surface area (Å²) < 4.78 is 0. The van der Waals surface area contributed by atoms with E-state index in [1.165, 1.54) is 56.4 Å². The predicted molar refractivity (Wildman–Crippen MR) is 82.4 cm³/mol. The van der Waals surface area contributed by atoms with Crippen LogP contribution in [0, 0.1) is 6.92 Å². The topological polar surface area (TPSA) is 15.3 Å². The van der Waals surface area contributed by atoms with Crippen LogP contribution in [0.4, 0.5) is 0 Å². The third kappa shape index (κ3) is 4.96. The summed E-state index contributed by atoms with van der Waals surface area (Å²) in [7, 11) is 0. The quantitative estimate of drug-likeness (QED) is 0.844. The van der Waals surface area contributed by atoms with Crippen molar-refractivity contribution in [1.82, 2.24) is 10.2 Å². The maximum absolute atomic E-state index is 3.66. The van der Waals surface area contributed by atoms with Crippen molar-refractivity contribution in [3.8, 4) is 0 Å². The Labute approximate surface area is 118 Å². The third-order valence-corrected chi connectivity index (χ3v) is 3.92. The lowest BCUT2D eigenvalue weighted by molar-refractivity contribution is 0.217. The van der Waals surface area contributed by atoms with Gasteiger partial charge >= 0.3 is 0 Å². The maximum Gasteiger partial charge on any atom is 0.0234 e. The van der Waals surface area contributed by atoms with Crippen molar-refractivity contribution in [2.24, 2.45) is 0 Å². The molecule has 1 aromatic rings. The van der Waals surface area contributed by atoms with Gasteiger partial charge in [-0.3, -0.25) is 4.90 Å². The van der Waals surface area contributed by atoms with Gasteiger partial charge in [-0.15, -0.1) is 0 Å². The summed E-state index contributed by atoms with van der Waals surface area (Å²) in [6.45, 7) is 9.14. The fraction of sp³-hybridized carbons (Fsp3) is 0.647. The Bertz CT molecular complexity index is 369. The minimum Gasteiger partial charge on any atom is -0.313 e. The molecule has 0 aromatic heterocycles. The van der Waals surface area contributed by atoms with E-state index in [1.807, 2.05) is 0 Å². The standard InChI is InChI=1S/C17H28N2/c1-3-11-19(14-17-9-4-5-10-18-17)13-16-8-6-7-15(2)12-16/h6-8,12,17-18H,3-5,9-11,13-14H2,1-2H3. The number of aryl methyl sites for hydroxylation is 1. The Morgan fingerprint density at radius 1 is 1.32 bits per heavy atom. The van der Waals surface area contributed by atoms with Gasteiger partial charge in [-0.05, 0) is 44.8 Å². The van der Waals surface area contributed by atoms with Crippen LogP contribution >= 0.6 is 0 Å². The molecule has 2 heteroatoms. The molecule has 1 aliphatic heterocycles. The van der Waals surface area contributed by atoms with Crippen molar-refractivity contribution in [2.45, 2.75) is 52.1 Å². The molecule has 1 aromatic carbocycles. The van der Waals surface area contributed by atoms with Crippen molar-refractivity contribution >= 4 is 0 Å². The van der Waals surface area contributed by atoms with Gasteiger partial charge in [0.05, 0.1) is 0 Å². The zero-order valence-electron chi connectivity index (χ0n) is 12.5. The molecular weight excluding hydrogens is 232 g/mol. The van der Waals surface area contributed by atoms with Crippen molar-refractivity contribution in [1.29, 1.82) is 0 Å². The molecule has 0 radical (unpaired) electrons. The smallest absolute Gasteiger partial charge is 0.0234 e. The SMILES string of the molecule is CCCN(Cc1cccc(C)c1)CC1CCCCN1. The van der Waals surface area contributed by atoms with Gasteiger partial charge in [0.1, 0.15) is 0 Å². The van der Waals surface area contributed by atoms with Crippen LogP contribution in [-0.2, 0) is 6.54 Å². The molecule has 2 rings (SSSR count). The average Bonchev–Trinajstić information content (AvgIpc) is 2.40. The molecule has 1 heterocycles. The molecule has 0 bridgehead atoms. The van der Waals surface area contributed by atoms with E-state index in [1.54, 1.807) is 0 Å². The fourth-order valence-corrected chi connectivity index (χ4v) is 3.01. The zero-order chi connectivity index (χ0) is 13.5. The summed E-state index contributed by atoms with van der Waals surface area (Å²) in [4.78, 5) is 2.61. The molecule has 1 fully saturated rings. The average molecular weight is 260 g/mol. The highest BCUT2D eigenvalue weighted by molar-refractivity contribution is 5.22. The van der Waals surface area contributed by atoms with Crippen LogP contribution in [0.3, 0.4) is 0 Å². The first-order valence-electron chi connectivity index (χ1n) is 7.79. The van der Waals surface area contributed by atoms with Crippen LogP contribution < -0.4 is 5.32 Å². The molecule has 1 atom stereocenters. The largest absolute Gasteiger partial charge is 0.313 e. The minimum atomic E-state index is 0.699. The number of nitrogens with zero attached hydrogens (tertiary/aromatic N) is 1. The van der Waals surface area contributed by atoms with Gasteiger partial charge in [0.2, 0.25) is 0 Å². The highest BCUT2D eigenvalue weighted by Gasteiger charge is 2.16. The van der Waals surface area contributed by atoms with Crippen molar-refractivity contribution in [3.63, 3.8) is 0 Å². The molecule has 19 heavy (non-hydrogen) atoms. The minimum absolute atomic E-state index is 0.699. The number of nitrogens with one attached hydrogen (secondary N) is 1. The number of hydrogen-bond donors (Lipinski definition) is 1. The Morgan fingerprint density at radius 3 is 2.89 bits per heavy atom. The molecule has 0 amide bonds. The lowest BCUT2D eigenvalue weighted by Gasteiger charge is -2.30. The van der Waals surface area contributed by atoms with E-state index >= 15 is 0 Å². The van der Waals surface area contributed by atoms with Gasteiger partial charge in [-0.2, -0.15) is 0 Å². The van der Waals surface area contributed by atoms with E-state index in [0.717, 1.165) is 6.54 Å². The second-order valence-electron chi connectivity index (χ2n) is 5.87. The molecule has 1 saturated heterocycles. The van der Waals surface area contributed by atoms with Crippen LogP contribution in [0.2, 0.25) is 0 Å². The van der Waals surface area contributed by atoms with Crippen LogP contribution in [-0.4, -0.2) is 30.6 Å². The number of rotatable bonds is 6. The summed E-state index contributed by atoms with van der Waals surface area (Å²) in [6, 6.07) is 9.62. The van der Waals surface area contributed by atoms with E-state index in [0.29, 0.717) is 6.04 Å². The zero-order valence-corrected chi connectivity index (χ0v) is 12.5. The normalized spacial score (nSPS) is 19.8. The van der Waals surface area contributed by atoms with Crippen molar-refractivity contribution < 1.29 is 0 Å². The molecule has 1 N–H and O–H groups in total. The summed E-state index contributed by atoms with van der Waals surface area (Å²) in [5.74, 6) is 0. The van der Waals surface area contributed by atoms with Gasteiger partial charge in [-0.25, -0.2) is 0 Å². The van der Waals surface area contributed by atoms with Gasteiger partial charge in [0.25, 0.3) is 0 Å². The third-order valence-electron chi connectivity index (χ3n) is 3.92. The molecule has 0 aliphatic carbocycles. The molecule has 1 unspecified atom stereocenters. The van der Waals surface area contributed by atoms with E-state index in [-0.39, 0.29) is 0 Å². The highest BCUT2D eigenvalue weighted by Crippen LogP contribution is 2.12. The van der Waals surface area contributed by atoms with E-state index in [9.17, 15) is 0 Å². The van der Waals surface area contributed by atoms with E-state index in [4.69, 9.17) is 0 Å². The van der Waals surface area contributed by atoms with Crippen molar-refractivity contribution in [3.05, 3.63) is 35.4 Å². The first-order chi connectivity index (χ1) is 9.28. The lowest BCUT2D eigenvalue weighted by Crippen LogP contribution is -2.43. The van der Waals surface area contributed by atoms with Crippen LogP contribution in [0.5, 0.6) is 0 Å². The highest BCUT2D eigenvalue weighted by atomic mass is 15.1. The summed E-state index contributed by atoms with van der Waals surface area (Å²) in [6.07, 6.45) is 5.32. The summed E-state index contributed by atoms with van der Waals surface area (Å²) in [5.41, 5.74) is 2.81. The molecule has 1 aliphatic rings.